The highest BCUT2D eigenvalue weighted by Gasteiger charge is 2.23. The topological polar surface area (TPSA) is 49.8 Å². The van der Waals surface area contributed by atoms with Crippen molar-refractivity contribution in [2.24, 2.45) is 0 Å². The zero-order valence-corrected chi connectivity index (χ0v) is 11.3. The second-order valence-electron chi connectivity index (χ2n) is 4.81. The monoisotopic (exact) mass is 263 g/mol. The number of aliphatic carboxylic acids is 1. The Morgan fingerprint density at radius 2 is 2.21 bits per heavy atom. The molecule has 0 amide bonds. The standard InChI is InChI=1S/C15H21NO3/c1-2-19-14(15(17)18)11-16-10-6-5-8-12-7-3-4-9-13(12)16/h3-4,7,9,14H,2,5-6,8,10-11H2,1H3,(H,17,18). The van der Waals surface area contributed by atoms with Crippen molar-refractivity contribution in [3.05, 3.63) is 29.8 Å². The molecule has 0 radical (unpaired) electrons. The van der Waals surface area contributed by atoms with Crippen LogP contribution in [0.15, 0.2) is 24.3 Å². The quantitative estimate of drug-likeness (QED) is 0.885. The molecule has 1 heterocycles. The summed E-state index contributed by atoms with van der Waals surface area (Å²) in [6, 6.07) is 8.25. The molecule has 1 aliphatic heterocycles. The molecule has 0 spiro atoms. The first-order valence-corrected chi connectivity index (χ1v) is 6.89. The Balaban J connectivity index is 2.17. The van der Waals surface area contributed by atoms with Gasteiger partial charge in [-0.2, -0.15) is 0 Å². The predicted molar refractivity (Wildman–Crippen MR) is 74.6 cm³/mol. The number of rotatable bonds is 5. The van der Waals surface area contributed by atoms with Gasteiger partial charge >= 0.3 is 5.97 Å². The average molecular weight is 263 g/mol. The van der Waals surface area contributed by atoms with Gasteiger partial charge in [-0.15, -0.1) is 0 Å². The van der Waals surface area contributed by atoms with Gasteiger partial charge in [-0.05, 0) is 37.8 Å². The summed E-state index contributed by atoms with van der Waals surface area (Å²) in [4.78, 5) is 13.4. The molecule has 0 aromatic heterocycles. The van der Waals surface area contributed by atoms with E-state index < -0.39 is 12.1 Å². The minimum Gasteiger partial charge on any atom is -0.479 e. The molecular weight excluding hydrogens is 242 g/mol. The Hall–Kier alpha value is -1.55. The Morgan fingerprint density at radius 1 is 1.42 bits per heavy atom. The van der Waals surface area contributed by atoms with Gasteiger partial charge in [0, 0.05) is 18.8 Å². The van der Waals surface area contributed by atoms with E-state index in [2.05, 4.69) is 17.0 Å². The normalized spacial score (nSPS) is 16.6. The van der Waals surface area contributed by atoms with Gasteiger partial charge < -0.3 is 14.7 Å². The Kier molecular flexibility index (Phi) is 4.80. The molecule has 1 aliphatic rings. The highest BCUT2D eigenvalue weighted by atomic mass is 16.5. The van der Waals surface area contributed by atoms with Crippen LogP contribution in [0.2, 0.25) is 0 Å². The second-order valence-corrected chi connectivity index (χ2v) is 4.81. The lowest BCUT2D eigenvalue weighted by Gasteiger charge is -2.27. The van der Waals surface area contributed by atoms with Crippen molar-refractivity contribution in [1.29, 1.82) is 0 Å². The van der Waals surface area contributed by atoms with Crippen molar-refractivity contribution in [2.45, 2.75) is 32.3 Å². The van der Waals surface area contributed by atoms with E-state index >= 15 is 0 Å². The zero-order valence-electron chi connectivity index (χ0n) is 11.3. The van der Waals surface area contributed by atoms with E-state index in [-0.39, 0.29) is 0 Å². The van der Waals surface area contributed by atoms with Gasteiger partial charge in [0.2, 0.25) is 0 Å². The van der Waals surface area contributed by atoms with E-state index in [1.165, 1.54) is 5.56 Å². The fourth-order valence-corrected chi connectivity index (χ4v) is 2.56. The lowest BCUT2D eigenvalue weighted by molar-refractivity contribution is -0.149. The molecule has 1 aromatic carbocycles. The number of ether oxygens (including phenoxy) is 1. The van der Waals surface area contributed by atoms with E-state index in [1.54, 1.807) is 0 Å². The molecule has 0 saturated carbocycles. The number of carbonyl (C=O) groups is 1. The summed E-state index contributed by atoms with van der Waals surface area (Å²) in [7, 11) is 0. The van der Waals surface area contributed by atoms with Crippen molar-refractivity contribution in [3.63, 3.8) is 0 Å². The number of aryl methyl sites for hydroxylation is 1. The molecule has 1 unspecified atom stereocenters. The maximum absolute atomic E-state index is 11.2. The van der Waals surface area contributed by atoms with Crippen LogP contribution in [0, 0.1) is 0 Å². The van der Waals surface area contributed by atoms with Crippen molar-refractivity contribution in [2.75, 3.05) is 24.6 Å². The highest BCUT2D eigenvalue weighted by Crippen LogP contribution is 2.26. The number of benzene rings is 1. The lowest BCUT2D eigenvalue weighted by atomic mass is 10.1. The SMILES string of the molecule is CCOC(CN1CCCCc2ccccc21)C(=O)O. The van der Waals surface area contributed by atoms with Gasteiger partial charge in [-0.25, -0.2) is 4.79 Å². The third-order valence-corrected chi connectivity index (χ3v) is 3.49. The molecule has 1 aromatic rings. The molecule has 4 nitrogen and oxygen atoms in total. The Bertz CT molecular complexity index is 433. The van der Waals surface area contributed by atoms with Gasteiger partial charge in [-0.3, -0.25) is 0 Å². The molecule has 2 rings (SSSR count). The Morgan fingerprint density at radius 3 is 2.95 bits per heavy atom. The highest BCUT2D eigenvalue weighted by molar-refractivity contribution is 5.73. The first-order chi connectivity index (χ1) is 9.22. The smallest absolute Gasteiger partial charge is 0.334 e. The molecule has 1 N–H and O–H groups in total. The van der Waals surface area contributed by atoms with Crippen molar-refractivity contribution in [3.8, 4) is 0 Å². The summed E-state index contributed by atoms with van der Waals surface area (Å²) in [6.07, 6.45) is 2.56. The number of nitrogens with zero attached hydrogens (tertiary/aromatic N) is 1. The molecule has 104 valence electrons. The first-order valence-electron chi connectivity index (χ1n) is 6.89. The summed E-state index contributed by atoms with van der Waals surface area (Å²) >= 11 is 0. The van der Waals surface area contributed by atoms with Crippen molar-refractivity contribution < 1.29 is 14.6 Å². The molecule has 0 fully saturated rings. The van der Waals surface area contributed by atoms with Crippen LogP contribution < -0.4 is 4.90 Å². The molecule has 0 aliphatic carbocycles. The summed E-state index contributed by atoms with van der Waals surface area (Å²) in [5.41, 5.74) is 2.46. The van der Waals surface area contributed by atoms with Crippen LogP contribution in [-0.4, -0.2) is 36.9 Å². The van der Waals surface area contributed by atoms with Crippen molar-refractivity contribution >= 4 is 11.7 Å². The average Bonchev–Trinajstić information content (AvgIpc) is 2.61. The van der Waals surface area contributed by atoms with Crippen LogP contribution in [0.1, 0.15) is 25.3 Å². The maximum Gasteiger partial charge on any atom is 0.334 e. The van der Waals surface area contributed by atoms with Gasteiger partial charge in [0.1, 0.15) is 0 Å². The van der Waals surface area contributed by atoms with Gasteiger partial charge in [-0.1, -0.05) is 18.2 Å². The van der Waals surface area contributed by atoms with Crippen LogP contribution >= 0.6 is 0 Å². The lowest BCUT2D eigenvalue weighted by Crippen LogP contribution is -2.39. The van der Waals surface area contributed by atoms with Gasteiger partial charge in [0.05, 0.1) is 6.54 Å². The van der Waals surface area contributed by atoms with Crippen LogP contribution in [0.25, 0.3) is 0 Å². The fourth-order valence-electron chi connectivity index (χ4n) is 2.56. The number of carboxylic acids is 1. The maximum atomic E-state index is 11.2. The number of hydrogen-bond acceptors (Lipinski definition) is 3. The molecule has 0 saturated heterocycles. The summed E-state index contributed by atoms with van der Waals surface area (Å²) in [5.74, 6) is -0.886. The minimum atomic E-state index is -0.886. The van der Waals surface area contributed by atoms with Gasteiger partial charge in [0.15, 0.2) is 6.10 Å². The molecule has 0 bridgehead atoms. The van der Waals surface area contributed by atoms with Crippen molar-refractivity contribution in [1.82, 2.24) is 0 Å². The number of para-hydroxylation sites is 1. The molecule has 1 atom stereocenters. The molecule has 19 heavy (non-hydrogen) atoms. The summed E-state index contributed by atoms with van der Waals surface area (Å²) < 4.78 is 5.32. The van der Waals surface area contributed by atoms with Crippen LogP contribution in [0.5, 0.6) is 0 Å². The number of fused-ring (bicyclic) bond motifs is 1. The predicted octanol–water partition coefficient (Wildman–Crippen LogP) is 2.32. The first kappa shape index (κ1) is 13.9. The summed E-state index contributed by atoms with van der Waals surface area (Å²) in [6.45, 7) is 3.56. The van der Waals surface area contributed by atoms with E-state index in [9.17, 15) is 9.90 Å². The second kappa shape index (κ2) is 6.57. The Labute approximate surface area is 114 Å². The van der Waals surface area contributed by atoms with Crippen LogP contribution in [0.3, 0.4) is 0 Å². The molecule has 4 heteroatoms. The van der Waals surface area contributed by atoms with E-state index in [4.69, 9.17) is 4.74 Å². The molecular formula is C15H21NO3. The third kappa shape index (κ3) is 3.47. The number of carboxylic acid groups (broad SMARTS) is 1. The number of anilines is 1. The van der Waals surface area contributed by atoms with E-state index in [0.717, 1.165) is 31.5 Å². The van der Waals surface area contributed by atoms with Gasteiger partial charge in [0.25, 0.3) is 0 Å². The zero-order chi connectivity index (χ0) is 13.7. The number of hydrogen-bond donors (Lipinski definition) is 1. The fraction of sp³-hybridized carbons (Fsp3) is 0.533. The van der Waals surface area contributed by atoms with E-state index in [1.807, 2.05) is 19.1 Å². The largest absolute Gasteiger partial charge is 0.479 e. The summed E-state index contributed by atoms with van der Waals surface area (Å²) in [5, 5.41) is 9.20. The van der Waals surface area contributed by atoms with Crippen LogP contribution in [0.4, 0.5) is 5.69 Å². The minimum absolute atomic E-state index is 0.417. The third-order valence-electron chi connectivity index (χ3n) is 3.49. The van der Waals surface area contributed by atoms with Crippen LogP contribution in [-0.2, 0) is 16.0 Å². The van der Waals surface area contributed by atoms with E-state index in [0.29, 0.717) is 13.2 Å².